The highest BCUT2D eigenvalue weighted by Crippen LogP contribution is 2.25. The third-order valence-electron chi connectivity index (χ3n) is 4.00. The first-order valence-corrected chi connectivity index (χ1v) is 9.82. The van der Waals surface area contributed by atoms with Crippen molar-refractivity contribution < 1.29 is 17.9 Å². The Bertz CT molecular complexity index is 728. The van der Waals surface area contributed by atoms with Crippen LogP contribution in [0.5, 0.6) is 0 Å². The van der Waals surface area contributed by atoms with E-state index in [0.717, 1.165) is 0 Å². The number of hydrogen-bond acceptors (Lipinski definition) is 5. The van der Waals surface area contributed by atoms with E-state index >= 15 is 0 Å². The van der Waals surface area contributed by atoms with Gasteiger partial charge in [0.1, 0.15) is 0 Å². The number of hydrogen-bond donors (Lipinski definition) is 2. The van der Waals surface area contributed by atoms with Gasteiger partial charge in [-0.1, -0.05) is 11.6 Å². The first-order valence-electron chi connectivity index (χ1n) is 7.90. The van der Waals surface area contributed by atoms with Crippen molar-refractivity contribution in [2.75, 3.05) is 45.2 Å². The predicted octanol–water partition coefficient (Wildman–Crippen LogP) is 1.17. The number of carbonyl (C=O) groups is 1. The Kier molecular flexibility index (Phi) is 6.50. The molecule has 1 aromatic rings. The molecular formula is C15H23ClN4O4S. The van der Waals surface area contributed by atoms with Gasteiger partial charge in [-0.15, -0.1) is 0 Å². The van der Waals surface area contributed by atoms with Crippen molar-refractivity contribution in [1.29, 1.82) is 0 Å². The standard InChI is InChI=1S/C15H23ClN4O4S/c1-3-19(2)15(21)20-6-7-24-11(10-20)9-18-14-5-4-12(8-13(14)16)25(17,22)23/h4-5,8,11,18H,3,6-7,9-10H2,1-2H3,(H2,17,22,23)/t11-/m1/s1. The smallest absolute Gasteiger partial charge is 0.319 e. The van der Waals surface area contributed by atoms with E-state index in [1.807, 2.05) is 6.92 Å². The first-order chi connectivity index (χ1) is 11.7. The molecule has 8 nitrogen and oxygen atoms in total. The van der Waals surface area contributed by atoms with Gasteiger partial charge in [-0.05, 0) is 25.1 Å². The van der Waals surface area contributed by atoms with Gasteiger partial charge < -0.3 is 19.9 Å². The third-order valence-corrected chi connectivity index (χ3v) is 5.22. The summed E-state index contributed by atoms with van der Waals surface area (Å²) in [6.45, 7) is 4.50. The van der Waals surface area contributed by atoms with E-state index < -0.39 is 10.0 Å². The molecular weight excluding hydrogens is 368 g/mol. The van der Waals surface area contributed by atoms with Crippen LogP contribution in [-0.4, -0.2) is 70.2 Å². The lowest BCUT2D eigenvalue weighted by atomic mass is 10.2. The second kappa shape index (κ2) is 8.22. The predicted molar refractivity (Wildman–Crippen MR) is 96.3 cm³/mol. The van der Waals surface area contributed by atoms with Crippen molar-refractivity contribution in [3.8, 4) is 0 Å². The van der Waals surface area contributed by atoms with Crippen LogP contribution < -0.4 is 10.5 Å². The fraction of sp³-hybridized carbons (Fsp3) is 0.533. The number of amides is 2. The lowest BCUT2D eigenvalue weighted by Gasteiger charge is -2.35. The molecule has 1 aliphatic rings. The number of halogens is 1. The van der Waals surface area contributed by atoms with Crippen molar-refractivity contribution in [3.05, 3.63) is 23.2 Å². The number of nitrogens with zero attached hydrogens (tertiary/aromatic N) is 2. The number of nitrogens with one attached hydrogen (secondary N) is 1. The molecule has 0 bridgehead atoms. The third kappa shape index (κ3) is 5.21. The maximum atomic E-state index is 12.2. The molecule has 2 rings (SSSR count). The second-order valence-corrected chi connectivity index (χ2v) is 7.77. The van der Waals surface area contributed by atoms with E-state index in [1.165, 1.54) is 12.1 Å². The maximum Gasteiger partial charge on any atom is 0.319 e. The van der Waals surface area contributed by atoms with Crippen LogP contribution >= 0.6 is 11.6 Å². The average Bonchev–Trinajstić information content (AvgIpc) is 2.58. The Morgan fingerprint density at radius 3 is 2.84 bits per heavy atom. The van der Waals surface area contributed by atoms with Gasteiger partial charge in [0.2, 0.25) is 10.0 Å². The van der Waals surface area contributed by atoms with Gasteiger partial charge in [0.15, 0.2) is 0 Å². The Labute approximate surface area is 152 Å². The largest absolute Gasteiger partial charge is 0.381 e. The number of morpholine rings is 1. The van der Waals surface area contributed by atoms with Gasteiger partial charge in [0, 0.05) is 26.7 Å². The van der Waals surface area contributed by atoms with E-state index in [1.54, 1.807) is 22.9 Å². The molecule has 10 heteroatoms. The highest BCUT2D eigenvalue weighted by atomic mass is 35.5. The molecule has 1 atom stereocenters. The topological polar surface area (TPSA) is 105 Å². The number of sulfonamides is 1. The highest BCUT2D eigenvalue weighted by molar-refractivity contribution is 7.89. The fourth-order valence-corrected chi connectivity index (χ4v) is 3.29. The molecule has 0 saturated carbocycles. The van der Waals surface area contributed by atoms with E-state index in [9.17, 15) is 13.2 Å². The SMILES string of the molecule is CCN(C)C(=O)N1CCO[C@H](CNc2ccc(S(N)(=O)=O)cc2Cl)C1. The quantitative estimate of drug-likeness (QED) is 0.785. The summed E-state index contributed by atoms with van der Waals surface area (Å²) in [5, 5.41) is 8.45. The van der Waals surface area contributed by atoms with Crippen LogP contribution in [0.15, 0.2) is 23.1 Å². The Morgan fingerprint density at radius 1 is 1.52 bits per heavy atom. The van der Waals surface area contributed by atoms with E-state index in [4.69, 9.17) is 21.5 Å². The lowest BCUT2D eigenvalue weighted by molar-refractivity contribution is -0.0108. The minimum atomic E-state index is -3.79. The van der Waals surface area contributed by atoms with Crippen LogP contribution in [0.25, 0.3) is 0 Å². The summed E-state index contributed by atoms with van der Waals surface area (Å²) in [5.41, 5.74) is 0.576. The molecule has 0 spiro atoms. The normalized spacial score (nSPS) is 18.1. The number of benzene rings is 1. The number of carbonyl (C=O) groups excluding carboxylic acids is 1. The number of urea groups is 1. The van der Waals surface area contributed by atoms with Crippen LogP contribution in [0.4, 0.5) is 10.5 Å². The molecule has 2 amide bonds. The van der Waals surface area contributed by atoms with Crippen LogP contribution in [0.2, 0.25) is 5.02 Å². The van der Waals surface area contributed by atoms with Gasteiger partial charge in [-0.2, -0.15) is 0 Å². The summed E-state index contributed by atoms with van der Waals surface area (Å²) < 4.78 is 28.3. The molecule has 25 heavy (non-hydrogen) atoms. The zero-order valence-corrected chi connectivity index (χ0v) is 15.8. The first kappa shape index (κ1) is 19.8. The monoisotopic (exact) mass is 390 g/mol. The Hall–Kier alpha value is -1.55. The second-order valence-electron chi connectivity index (χ2n) is 5.80. The number of ether oxygens (including phenoxy) is 1. The summed E-state index contributed by atoms with van der Waals surface area (Å²) in [6.07, 6.45) is -0.183. The van der Waals surface area contributed by atoms with Gasteiger partial charge in [0.05, 0.1) is 34.9 Å². The van der Waals surface area contributed by atoms with Crippen molar-refractivity contribution >= 4 is 33.3 Å². The van der Waals surface area contributed by atoms with Crippen molar-refractivity contribution in [1.82, 2.24) is 9.80 Å². The average molecular weight is 391 g/mol. The fourth-order valence-electron chi connectivity index (χ4n) is 2.43. The van der Waals surface area contributed by atoms with Crippen molar-refractivity contribution in [3.63, 3.8) is 0 Å². The zero-order valence-electron chi connectivity index (χ0n) is 14.2. The Morgan fingerprint density at radius 2 is 2.24 bits per heavy atom. The van der Waals surface area contributed by atoms with Gasteiger partial charge >= 0.3 is 6.03 Å². The summed E-state index contributed by atoms with van der Waals surface area (Å²) >= 11 is 6.10. The minimum Gasteiger partial charge on any atom is -0.381 e. The number of primary sulfonamides is 1. The molecule has 1 saturated heterocycles. The van der Waals surface area contributed by atoms with Gasteiger partial charge in [0.25, 0.3) is 0 Å². The summed E-state index contributed by atoms with van der Waals surface area (Å²) in [7, 11) is -2.03. The summed E-state index contributed by atoms with van der Waals surface area (Å²) in [4.78, 5) is 15.6. The van der Waals surface area contributed by atoms with Crippen LogP contribution in [0.1, 0.15) is 6.92 Å². The molecule has 0 aromatic heterocycles. The number of nitrogens with two attached hydrogens (primary N) is 1. The Balaban J connectivity index is 1.96. The van der Waals surface area contributed by atoms with E-state index in [-0.39, 0.29) is 22.1 Å². The molecule has 3 N–H and O–H groups in total. The van der Waals surface area contributed by atoms with E-state index in [2.05, 4.69) is 5.32 Å². The van der Waals surface area contributed by atoms with E-state index in [0.29, 0.717) is 38.5 Å². The zero-order chi connectivity index (χ0) is 18.6. The van der Waals surface area contributed by atoms with Crippen LogP contribution in [-0.2, 0) is 14.8 Å². The highest BCUT2D eigenvalue weighted by Gasteiger charge is 2.25. The van der Waals surface area contributed by atoms with Gasteiger partial charge in [-0.25, -0.2) is 18.4 Å². The summed E-state index contributed by atoms with van der Waals surface area (Å²) in [5.74, 6) is 0. The van der Waals surface area contributed by atoms with Crippen LogP contribution in [0, 0.1) is 0 Å². The van der Waals surface area contributed by atoms with Crippen molar-refractivity contribution in [2.24, 2.45) is 5.14 Å². The number of anilines is 1. The molecule has 0 unspecified atom stereocenters. The molecule has 0 radical (unpaired) electrons. The van der Waals surface area contributed by atoms with Gasteiger partial charge in [-0.3, -0.25) is 0 Å². The molecule has 1 aliphatic heterocycles. The van der Waals surface area contributed by atoms with Crippen LogP contribution in [0.3, 0.4) is 0 Å². The van der Waals surface area contributed by atoms with Crippen molar-refractivity contribution in [2.45, 2.75) is 17.9 Å². The maximum absolute atomic E-state index is 12.2. The number of rotatable bonds is 5. The molecule has 140 valence electrons. The minimum absolute atomic E-state index is 0.0219. The lowest BCUT2D eigenvalue weighted by Crippen LogP contribution is -2.51. The molecule has 1 aromatic carbocycles. The molecule has 1 fully saturated rings. The summed E-state index contributed by atoms with van der Waals surface area (Å²) in [6, 6.07) is 4.22. The molecule has 0 aliphatic carbocycles. The molecule has 1 heterocycles.